The minimum absolute atomic E-state index is 0.488. The first-order valence-corrected chi connectivity index (χ1v) is 12.2. The molecule has 3 nitrogen and oxygen atoms in total. The molecule has 0 bridgehead atoms. The van der Waals surface area contributed by atoms with Gasteiger partial charge in [-0.05, 0) is 0 Å². The Morgan fingerprint density at radius 3 is 1.75 bits per heavy atom. The maximum atomic E-state index is 4.57. The molecule has 0 amide bonds. The molecule has 1 aliphatic rings. The second kappa shape index (κ2) is 9.93. The number of aliphatic imine (C=N–C) groups is 2. The van der Waals surface area contributed by atoms with Gasteiger partial charge in [0, 0.05) is 0 Å². The average Bonchev–Trinajstić information content (AvgIpc) is 2.61. The number of rotatable bonds is 0. The van der Waals surface area contributed by atoms with Crippen molar-refractivity contribution in [3.63, 3.8) is 0 Å². The minimum atomic E-state index is 0.488. The van der Waals surface area contributed by atoms with Gasteiger partial charge in [-0.25, -0.2) is 0 Å². The molecule has 2 aromatic carbocycles. The van der Waals surface area contributed by atoms with E-state index in [1.807, 2.05) is 12.4 Å². The molecule has 0 aromatic heterocycles. The van der Waals surface area contributed by atoms with E-state index in [0.717, 1.165) is 26.2 Å². The summed E-state index contributed by atoms with van der Waals surface area (Å²) in [6, 6.07) is 17.4. The van der Waals surface area contributed by atoms with Crippen LogP contribution in [0.25, 0.3) is 0 Å². The summed E-state index contributed by atoms with van der Waals surface area (Å²) in [5.41, 5.74) is 2.57. The van der Waals surface area contributed by atoms with Crippen LogP contribution in [-0.2, 0) is 0 Å². The van der Waals surface area contributed by atoms with Crippen molar-refractivity contribution < 1.29 is 0 Å². The summed E-state index contributed by atoms with van der Waals surface area (Å²) in [6.45, 7) is 3.44. The summed E-state index contributed by atoms with van der Waals surface area (Å²) in [6.07, 6.45) is 4.09. The van der Waals surface area contributed by atoms with Crippen LogP contribution in [0.5, 0.6) is 0 Å². The van der Waals surface area contributed by atoms with Gasteiger partial charge in [-0.1, -0.05) is 0 Å². The van der Waals surface area contributed by atoms with Crippen molar-refractivity contribution in [3.8, 4) is 0 Å². The van der Waals surface area contributed by atoms with E-state index in [-0.39, 0.29) is 0 Å². The fraction of sp³-hybridized carbons (Fsp3) is 0.263. The number of hydrogen-bond acceptors (Lipinski definition) is 3. The predicted molar refractivity (Wildman–Crippen MR) is 106 cm³/mol. The Hall–Kier alpha value is -1.22. The van der Waals surface area contributed by atoms with Crippen molar-refractivity contribution in [2.45, 2.75) is 4.22 Å². The quantitative estimate of drug-likeness (QED) is 0.596. The van der Waals surface area contributed by atoms with Crippen LogP contribution < -0.4 is 14.2 Å². The Morgan fingerprint density at radius 1 is 0.708 bits per heavy atom. The van der Waals surface area contributed by atoms with Gasteiger partial charge < -0.3 is 0 Å². The third-order valence-electron chi connectivity index (χ3n) is 3.56. The molecule has 0 aliphatic carbocycles. The van der Waals surface area contributed by atoms with Crippen LogP contribution >= 0.6 is 0 Å². The number of nitrogens with zero attached hydrogens (tertiary/aromatic N) is 2. The zero-order valence-electron chi connectivity index (χ0n) is 13.5. The summed E-state index contributed by atoms with van der Waals surface area (Å²) >= 11 is 0.977. The predicted octanol–water partition coefficient (Wildman–Crippen LogP) is 0.863. The number of hydrogen-bond donors (Lipinski definition) is 1. The van der Waals surface area contributed by atoms with Crippen molar-refractivity contribution in [1.29, 1.82) is 0 Å². The molecule has 1 N–H and O–H groups in total. The van der Waals surface area contributed by atoms with Crippen molar-refractivity contribution in [3.05, 3.63) is 59.7 Å². The summed E-state index contributed by atoms with van der Waals surface area (Å²) in [5.74, 6) is 0. The number of fused-ring (bicyclic) bond motifs is 2. The van der Waals surface area contributed by atoms with Crippen molar-refractivity contribution in [1.82, 2.24) is 5.32 Å². The molecule has 2 aromatic rings. The molecule has 124 valence electrons. The van der Waals surface area contributed by atoms with Gasteiger partial charge >= 0.3 is 157 Å². The van der Waals surface area contributed by atoms with E-state index >= 15 is 0 Å². The summed E-state index contributed by atoms with van der Waals surface area (Å²) in [5, 5.41) is 3.40. The molecule has 0 saturated carbocycles. The molecule has 24 heavy (non-hydrogen) atoms. The van der Waals surface area contributed by atoms with Crippen molar-refractivity contribution >= 4 is 51.3 Å². The first-order valence-electron chi connectivity index (χ1n) is 8.07. The molecule has 0 spiro atoms. The molecule has 0 atom stereocenters. The van der Waals surface area contributed by atoms with Crippen LogP contribution in [0.4, 0.5) is 0 Å². The third-order valence-corrected chi connectivity index (χ3v) is 9.49. The summed E-state index contributed by atoms with van der Waals surface area (Å²) < 4.78 is 4.18. The molecule has 5 heteroatoms. The second-order valence-corrected chi connectivity index (χ2v) is 11.4. The van der Waals surface area contributed by atoms with Crippen LogP contribution in [0, 0.1) is 0 Å². The van der Waals surface area contributed by atoms with Crippen LogP contribution in [-0.4, -0.2) is 68.5 Å². The Labute approximate surface area is 156 Å². The molecule has 1 heterocycles. The molecule has 3 rings (SSSR count). The third kappa shape index (κ3) is 5.41. The van der Waals surface area contributed by atoms with Crippen LogP contribution in [0.1, 0.15) is 11.1 Å². The fourth-order valence-corrected chi connectivity index (χ4v) is 8.34. The second-order valence-electron chi connectivity index (χ2n) is 5.30. The van der Waals surface area contributed by atoms with Gasteiger partial charge in [0.1, 0.15) is 0 Å². The summed E-state index contributed by atoms with van der Waals surface area (Å²) in [7, 11) is 0. The monoisotopic (exact) mass is 451 g/mol. The summed E-state index contributed by atoms with van der Waals surface area (Å²) in [4.78, 5) is 9.13. The van der Waals surface area contributed by atoms with E-state index in [1.54, 1.807) is 0 Å². The fourth-order valence-electron chi connectivity index (χ4n) is 2.33. The van der Waals surface area contributed by atoms with Crippen LogP contribution in [0.15, 0.2) is 58.5 Å². The Morgan fingerprint density at radius 2 is 1.21 bits per heavy atom. The van der Waals surface area contributed by atoms with Crippen molar-refractivity contribution in [2.75, 3.05) is 26.2 Å². The number of nitrogens with one attached hydrogen (secondary N) is 1. The van der Waals surface area contributed by atoms with E-state index in [1.165, 1.54) is 24.3 Å². The normalized spacial score (nSPS) is 16.3. The molecular formula is C19H21N3Se2. The van der Waals surface area contributed by atoms with Crippen molar-refractivity contribution in [2.24, 2.45) is 9.98 Å². The van der Waals surface area contributed by atoms with Crippen LogP contribution in [0.2, 0.25) is 4.22 Å². The van der Waals surface area contributed by atoms with E-state index in [9.17, 15) is 0 Å². The zero-order valence-corrected chi connectivity index (χ0v) is 16.9. The van der Waals surface area contributed by atoms with Gasteiger partial charge in [-0.3, -0.25) is 0 Å². The SMILES string of the molecule is C1=NCCNCCN=Cc2ccccc2[Se]C[Se]c2ccccc21. The Balaban J connectivity index is 1.78. The van der Waals surface area contributed by atoms with Gasteiger partial charge in [0.15, 0.2) is 0 Å². The van der Waals surface area contributed by atoms with Crippen LogP contribution in [0.3, 0.4) is 0 Å². The standard InChI is InChI=1S/C19H21N3Se2/c1-3-7-18-16(5-1)13-21-11-9-20-10-12-22-14-17-6-2-4-8-19(17)24-15-23-18/h1-8,13-14,20H,9-12,15H2. The van der Waals surface area contributed by atoms with Gasteiger partial charge in [0.2, 0.25) is 0 Å². The van der Waals surface area contributed by atoms with Gasteiger partial charge in [-0.2, -0.15) is 0 Å². The number of benzene rings is 2. The molecule has 0 fully saturated rings. The first-order chi connectivity index (χ1) is 11.9. The van der Waals surface area contributed by atoms with Gasteiger partial charge in [0.25, 0.3) is 0 Å². The van der Waals surface area contributed by atoms with Gasteiger partial charge in [0.05, 0.1) is 0 Å². The average molecular weight is 449 g/mol. The van der Waals surface area contributed by atoms with E-state index < -0.39 is 0 Å². The molecule has 1 aliphatic heterocycles. The molecule has 0 saturated heterocycles. The Kier molecular flexibility index (Phi) is 7.28. The topological polar surface area (TPSA) is 36.8 Å². The molecule has 0 radical (unpaired) electrons. The van der Waals surface area contributed by atoms with E-state index in [0.29, 0.717) is 29.9 Å². The van der Waals surface area contributed by atoms with Gasteiger partial charge in [-0.15, -0.1) is 0 Å². The van der Waals surface area contributed by atoms with E-state index in [4.69, 9.17) is 0 Å². The molecular weight excluding hydrogens is 428 g/mol. The zero-order chi connectivity index (χ0) is 16.5. The molecule has 0 unspecified atom stereocenters. The maximum absolute atomic E-state index is 4.57. The van der Waals surface area contributed by atoms with E-state index in [2.05, 4.69) is 63.8 Å². The first kappa shape index (κ1) is 17.6. The Bertz CT molecular complexity index is 654.